The van der Waals surface area contributed by atoms with Crippen LogP contribution in [0.4, 0.5) is 11.4 Å². The molecular weight excluding hydrogens is 244 g/mol. The van der Waals surface area contributed by atoms with E-state index in [9.17, 15) is 10.1 Å². The van der Waals surface area contributed by atoms with Crippen molar-refractivity contribution >= 4 is 11.4 Å². The molecule has 19 heavy (non-hydrogen) atoms. The summed E-state index contributed by atoms with van der Waals surface area (Å²) in [6, 6.07) is 5.52. The van der Waals surface area contributed by atoms with E-state index in [0.717, 1.165) is 43.5 Å². The normalized spacial score (nSPS) is 19.5. The zero-order valence-electron chi connectivity index (χ0n) is 11.2. The lowest BCUT2D eigenvalue weighted by molar-refractivity contribution is -0.385. The summed E-state index contributed by atoms with van der Waals surface area (Å²) in [5.74, 6) is 0. The Morgan fingerprint density at radius 2 is 2.26 bits per heavy atom. The Hall–Kier alpha value is -1.62. The second-order valence-electron chi connectivity index (χ2n) is 5.03. The van der Waals surface area contributed by atoms with Crippen LogP contribution in [0, 0.1) is 17.0 Å². The number of nitro benzene ring substituents is 1. The van der Waals surface area contributed by atoms with Crippen LogP contribution in [0.5, 0.6) is 0 Å². The summed E-state index contributed by atoms with van der Waals surface area (Å²) in [6.07, 6.45) is 4.03. The number of aliphatic hydroxyl groups excluding tert-OH is 1. The van der Waals surface area contributed by atoms with Gasteiger partial charge < -0.3 is 10.0 Å². The van der Waals surface area contributed by atoms with Gasteiger partial charge in [0.15, 0.2) is 0 Å². The number of rotatable bonds is 4. The summed E-state index contributed by atoms with van der Waals surface area (Å²) in [5, 5.41) is 20.2. The maximum absolute atomic E-state index is 11.0. The molecule has 1 atom stereocenters. The Bertz CT molecular complexity index is 460. The summed E-state index contributed by atoms with van der Waals surface area (Å²) < 4.78 is 0. The first kappa shape index (κ1) is 13.8. The SMILES string of the molecule is Cc1c(N2CCCCC2CCO)cccc1[N+](=O)[O-]. The molecule has 1 N–H and O–H groups in total. The Labute approximate surface area is 113 Å². The topological polar surface area (TPSA) is 66.6 Å². The van der Waals surface area contributed by atoms with E-state index < -0.39 is 0 Å². The molecule has 1 aromatic rings. The minimum atomic E-state index is -0.330. The van der Waals surface area contributed by atoms with Crippen LogP contribution in [0.2, 0.25) is 0 Å². The van der Waals surface area contributed by atoms with E-state index in [4.69, 9.17) is 5.11 Å². The van der Waals surface area contributed by atoms with Gasteiger partial charge in [-0.1, -0.05) is 6.07 Å². The average molecular weight is 264 g/mol. The summed E-state index contributed by atoms with van der Waals surface area (Å²) in [6.45, 7) is 2.87. The molecule has 1 aliphatic rings. The van der Waals surface area contributed by atoms with Crippen LogP contribution in [0.15, 0.2) is 18.2 Å². The van der Waals surface area contributed by atoms with Crippen LogP contribution < -0.4 is 4.90 Å². The fourth-order valence-corrected chi connectivity index (χ4v) is 2.89. The third-order valence-corrected chi connectivity index (χ3v) is 3.87. The van der Waals surface area contributed by atoms with E-state index in [1.165, 1.54) is 0 Å². The van der Waals surface area contributed by atoms with E-state index in [1.54, 1.807) is 19.1 Å². The van der Waals surface area contributed by atoms with Crippen molar-refractivity contribution in [2.75, 3.05) is 18.1 Å². The van der Waals surface area contributed by atoms with E-state index in [-0.39, 0.29) is 17.2 Å². The molecule has 1 heterocycles. The molecule has 1 unspecified atom stereocenters. The van der Waals surface area contributed by atoms with Crippen molar-refractivity contribution in [3.05, 3.63) is 33.9 Å². The maximum atomic E-state index is 11.0. The molecule has 104 valence electrons. The first-order chi connectivity index (χ1) is 9.15. The highest BCUT2D eigenvalue weighted by Crippen LogP contribution is 2.33. The van der Waals surface area contributed by atoms with Crippen molar-refractivity contribution < 1.29 is 10.0 Å². The highest BCUT2D eigenvalue weighted by atomic mass is 16.6. The molecule has 1 saturated heterocycles. The second kappa shape index (κ2) is 6.02. The summed E-state index contributed by atoms with van der Waals surface area (Å²) in [7, 11) is 0. The lowest BCUT2D eigenvalue weighted by atomic mass is 9.97. The molecule has 5 nitrogen and oxygen atoms in total. The van der Waals surface area contributed by atoms with E-state index in [2.05, 4.69) is 4.90 Å². The number of piperidine rings is 1. The van der Waals surface area contributed by atoms with Gasteiger partial charge in [0.2, 0.25) is 0 Å². The molecule has 0 saturated carbocycles. The lowest BCUT2D eigenvalue weighted by Crippen LogP contribution is -2.40. The zero-order valence-corrected chi connectivity index (χ0v) is 11.2. The molecule has 1 fully saturated rings. The third-order valence-electron chi connectivity index (χ3n) is 3.87. The molecule has 2 rings (SSSR count). The number of anilines is 1. The summed E-state index contributed by atoms with van der Waals surface area (Å²) in [4.78, 5) is 12.9. The number of hydrogen-bond donors (Lipinski definition) is 1. The van der Waals surface area contributed by atoms with Gasteiger partial charge in [-0.2, -0.15) is 0 Å². The second-order valence-corrected chi connectivity index (χ2v) is 5.03. The Morgan fingerprint density at radius 1 is 1.47 bits per heavy atom. The quantitative estimate of drug-likeness (QED) is 0.670. The highest BCUT2D eigenvalue weighted by molar-refractivity contribution is 5.62. The standard InChI is InChI=1S/C14H20N2O3/c1-11-13(6-4-7-14(11)16(18)19)15-9-3-2-5-12(15)8-10-17/h4,6-7,12,17H,2-3,5,8-10H2,1H3. The Kier molecular flexibility index (Phi) is 4.37. The smallest absolute Gasteiger partial charge is 0.274 e. The fraction of sp³-hybridized carbons (Fsp3) is 0.571. The monoisotopic (exact) mass is 264 g/mol. The van der Waals surface area contributed by atoms with Gasteiger partial charge in [0.05, 0.1) is 10.5 Å². The van der Waals surface area contributed by atoms with Gasteiger partial charge >= 0.3 is 0 Å². The van der Waals surface area contributed by atoms with E-state index in [0.29, 0.717) is 6.04 Å². The first-order valence-corrected chi connectivity index (χ1v) is 6.76. The fourth-order valence-electron chi connectivity index (χ4n) is 2.89. The van der Waals surface area contributed by atoms with Gasteiger partial charge in [-0.25, -0.2) is 0 Å². The van der Waals surface area contributed by atoms with Crippen molar-refractivity contribution in [3.63, 3.8) is 0 Å². The van der Waals surface area contributed by atoms with Gasteiger partial charge in [0.1, 0.15) is 0 Å². The largest absolute Gasteiger partial charge is 0.396 e. The molecule has 1 aliphatic heterocycles. The summed E-state index contributed by atoms with van der Waals surface area (Å²) >= 11 is 0. The van der Waals surface area contributed by atoms with Crippen molar-refractivity contribution in [2.45, 2.75) is 38.6 Å². The minimum Gasteiger partial charge on any atom is -0.396 e. The molecule has 5 heteroatoms. The maximum Gasteiger partial charge on any atom is 0.274 e. The molecule has 0 spiro atoms. The van der Waals surface area contributed by atoms with Crippen molar-refractivity contribution in [3.8, 4) is 0 Å². The predicted molar refractivity (Wildman–Crippen MR) is 74.5 cm³/mol. The number of benzene rings is 1. The van der Waals surface area contributed by atoms with Gasteiger partial charge in [0.25, 0.3) is 5.69 Å². The molecule has 0 radical (unpaired) electrons. The van der Waals surface area contributed by atoms with Crippen LogP contribution in [0.25, 0.3) is 0 Å². The van der Waals surface area contributed by atoms with Crippen molar-refractivity contribution in [1.82, 2.24) is 0 Å². The van der Waals surface area contributed by atoms with Gasteiger partial charge in [-0.05, 0) is 38.7 Å². The van der Waals surface area contributed by atoms with Crippen LogP contribution in [0.1, 0.15) is 31.2 Å². The third kappa shape index (κ3) is 2.87. The summed E-state index contributed by atoms with van der Waals surface area (Å²) in [5.41, 5.74) is 1.83. The molecule has 0 aromatic heterocycles. The Morgan fingerprint density at radius 3 is 2.95 bits per heavy atom. The zero-order chi connectivity index (χ0) is 13.8. The first-order valence-electron chi connectivity index (χ1n) is 6.76. The number of hydrogen-bond acceptors (Lipinski definition) is 4. The van der Waals surface area contributed by atoms with Crippen LogP contribution in [-0.2, 0) is 0 Å². The lowest BCUT2D eigenvalue weighted by Gasteiger charge is -2.38. The number of nitrogens with zero attached hydrogens (tertiary/aromatic N) is 2. The minimum absolute atomic E-state index is 0.162. The van der Waals surface area contributed by atoms with E-state index >= 15 is 0 Å². The molecule has 0 aliphatic carbocycles. The van der Waals surface area contributed by atoms with E-state index in [1.807, 2.05) is 6.07 Å². The van der Waals surface area contributed by atoms with Crippen LogP contribution in [0.3, 0.4) is 0 Å². The molecular formula is C14H20N2O3. The van der Waals surface area contributed by atoms with Crippen LogP contribution >= 0.6 is 0 Å². The average Bonchev–Trinajstić information content (AvgIpc) is 2.40. The molecule has 0 bridgehead atoms. The highest BCUT2D eigenvalue weighted by Gasteiger charge is 2.25. The predicted octanol–water partition coefficient (Wildman–Crippen LogP) is 2.64. The van der Waals surface area contributed by atoms with Crippen molar-refractivity contribution in [2.24, 2.45) is 0 Å². The van der Waals surface area contributed by atoms with Crippen LogP contribution in [-0.4, -0.2) is 29.2 Å². The number of nitro groups is 1. The number of aliphatic hydroxyl groups is 1. The molecule has 0 amide bonds. The van der Waals surface area contributed by atoms with Gasteiger partial charge in [-0.3, -0.25) is 10.1 Å². The molecule has 1 aromatic carbocycles. The van der Waals surface area contributed by atoms with Crippen molar-refractivity contribution in [1.29, 1.82) is 0 Å². The Balaban J connectivity index is 2.33. The van der Waals surface area contributed by atoms with Gasteiger partial charge in [-0.15, -0.1) is 0 Å². The van der Waals surface area contributed by atoms with Gasteiger partial charge in [0, 0.05) is 30.9 Å².